The minimum atomic E-state index is -1.50. The molecule has 2 aromatic rings. The Morgan fingerprint density at radius 2 is 1.66 bits per heavy atom. The fourth-order valence-corrected chi connectivity index (χ4v) is 6.13. The third-order valence-electron chi connectivity index (χ3n) is 6.63. The normalized spacial score (nSPS) is 38.3. The lowest BCUT2D eigenvalue weighted by molar-refractivity contribution is -0.184. The van der Waals surface area contributed by atoms with Gasteiger partial charge in [0.05, 0.1) is 36.7 Å². The van der Waals surface area contributed by atoms with Crippen LogP contribution in [0.25, 0.3) is 27.4 Å². The number of aromatic nitrogens is 2. The Morgan fingerprint density at radius 3 is 2.31 bits per heavy atom. The third-order valence-corrected chi connectivity index (χ3v) is 7.95. The van der Waals surface area contributed by atoms with E-state index in [9.17, 15) is 35.0 Å². The summed E-state index contributed by atoms with van der Waals surface area (Å²) < 4.78 is 28.1. The Balaban J connectivity index is 1.40. The Kier molecular flexibility index (Phi) is 6.56. The predicted molar refractivity (Wildman–Crippen MR) is 118 cm³/mol. The summed E-state index contributed by atoms with van der Waals surface area (Å²) in [6, 6.07) is 1.96. The first-order chi connectivity index (χ1) is 16.8. The van der Waals surface area contributed by atoms with Crippen LogP contribution < -0.4 is 0 Å². The molecule has 10 atom stereocenters. The van der Waals surface area contributed by atoms with Crippen molar-refractivity contribution in [3.05, 3.63) is 40.7 Å². The molecule has 5 unspecified atom stereocenters. The van der Waals surface area contributed by atoms with Gasteiger partial charge in [0.15, 0.2) is 0 Å². The van der Waals surface area contributed by atoms with Crippen LogP contribution in [0.1, 0.15) is 6.04 Å². The molecule has 1 aromatic carbocycles. The smallest absolute Gasteiger partial charge is 0.134 e. The summed E-state index contributed by atoms with van der Waals surface area (Å²) in [6.45, 7) is -1.19. The number of hydrogen-bond acceptors (Lipinski definition) is 10. The van der Waals surface area contributed by atoms with Gasteiger partial charge in [-0.3, -0.25) is 9.36 Å². The van der Waals surface area contributed by atoms with E-state index >= 15 is 0 Å². The zero-order valence-electron chi connectivity index (χ0n) is 18.0. The van der Waals surface area contributed by atoms with Crippen molar-refractivity contribution in [1.82, 2.24) is 9.36 Å². The summed E-state index contributed by atoms with van der Waals surface area (Å²) in [7, 11) is 0. The molecule has 0 saturated carbocycles. The van der Waals surface area contributed by atoms with Gasteiger partial charge in [0.25, 0.3) is 0 Å². The molecule has 2 saturated heterocycles. The van der Waals surface area contributed by atoms with E-state index in [0.717, 1.165) is 11.8 Å². The Labute approximate surface area is 201 Å². The van der Waals surface area contributed by atoms with Gasteiger partial charge in [0.2, 0.25) is 0 Å². The second-order valence-corrected chi connectivity index (χ2v) is 9.80. The molecule has 3 aliphatic heterocycles. The van der Waals surface area contributed by atoms with Crippen molar-refractivity contribution in [2.75, 3.05) is 13.2 Å². The van der Waals surface area contributed by atoms with Gasteiger partial charge in [0.1, 0.15) is 53.3 Å². The summed E-state index contributed by atoms with van der Waals surface area (Å²) in [5.41, 5.74) is 8.56. The summed E-state index contributed by atoms with van der Waals surface area (Å²) in [4.78, 5) is 2.63. The predicted octanol–water partition coefficient (Wildman–Crippen LogP) is -0.771. The zero-order chi connectivity index (χ0) is 25.0. The van der Waals surface area contributed by atoms with Crippen molar-refractivity contribution < 1.29 is 44.5 Å². The molecule has 3 aliphatic rings. The minimum absolute atomic E-state index is 0.387. The van der Waals surface area contributed by atoms with Crippen LogP contribution in [0, 0.1) is 5.82 Å². The molecule has 1 aromatic heterocycles. The van der Waals surface area contributed by atoms with Gasteiger partial charge in [-0.15, -0.1) is 0 Å². The maximum atomic E-state index is 13.6. The SMILES string of the molecule is [N-]=[N+]=NC1C(O)[C@@H](CO)OC(S[C@@H]2OC(CO)[C@H](O)C(n3cc4n3-c3ccc(F)cc3-4)[C@@H]2O)[C@@H]1O. The van der Waals surface area contributed by atoms with Crippen LogP contribution in [-0.2, 0) is 9.47 Å². The average Bonchev–Trinajstić information content (AvgIpc) is 2.82. The van der Waals surface area contributed by atoms with Gasteiger partial charge in [0, 0.05) is 16.7 Å². The molecular weight excluding hydrogens is 489 g/mol. The Morgan fingerprint density at radius 1 is 1.00 bits per heavy atom. The molecule has 35 heavy (non-hydrogen) atoms. The van der Waals surface area contributed by atoms with Crippen molar-refractivity contribution in [2.24, 2.45) is 5.11 Å². The van der Waals surface area contributed by atoms with Crippen LogP contribution in [0.4, 0.5) is 4.39 Å². The molecule has 4 heterocycles. The number of halogens is 1. The highest BCUT2D eigenvalue weighted by Crippen LogP contribution is 2.46. The molecule has 13 nitrogen and oxygen atoms in total. The molecule has 15 heteroatoms. The molecule has 0 aliphatic carbocycles. The van der Waals surface area contributed by atoms with Crippen LogP contribution in [-0.4, -0.2) is 107 Å². The van der Waals surface area contributed by atoms with Gasteiger partial charge < -0.3 is 40.1 Å². The molecule has 0 amide bonds. The first-order valence-electron chi connectivity index (χ1n) is 10.9. The van der Waals surface area contributed by atoms with E-state index in [2.05, 4.69) is 10.0 Å². The van der Waals surface area contributed by atoms with Gasteiger partial charge in [-0.1, -0.05) is 16.9 Å². The van der Waals surface area contributed by atoms with E-state index in [1.807, 2.05) is 0 Å². The fourth-order valence-electron chi connectivity index (χ4n) is 4.81. The molecule has 0 radical (unpaired) electrons. The van der Waals surface area contributed by atoms with Crippen molar-refractivity contribution in [2.45, 2.75) is 59.6 Å². The van der Waals surface area contributed by atoms with Gasteiger partial charge in [-0.2, -0.15) is 0 Å². The molecule has 0 spiro atoms. The summed E-state index contributed by atoms with van der Waals surface area (Å²) in [6.07, 6.45) is -6.26. The van der Waals surface area contributed by atoms with Crippen molar-refractivity contribution in [3.63, 3.8) is 0 Å². The van der Waals surface area contributed by atoms with Crippen LogP contribution in [0.15, 0.2) is 29.5 Å². The first kappa shape index (κ1) is 24.5. The second kappa shape index (κ2) is 9.37. The number of nitrogens with zero attached hydrogens (tertiary/aromatic N) is 5. The number of benzene rings is 1. The van der Waals surface area contributed by atoms with Crippen LogP contribution in [0.5, 0.6) is 0 Å². The number of hydrogen-bond donors (Lipinski definition) is 6. The largest absolute Gasteiger partial charge is 0.394 e. The highest BCUT2D eigenvalue weighted by molar-refractivity contribution is 8.00. The molecular formula is C20H24FN5O8S. The average molecular weight is 514 g/mol. The lowest BCUT2D eigenvalue weighted by atomic mass is 9.95. The maximum absolute atomic E-state index is 13.6. The highest BCUT2D eigenvalue weighted by atomic mass is 32.2. The number of thioether (sulfide) groups is 1. The molecule has 0 bridgehead atoms. The lowest BCUT2D eigenvalue weighted by Gasteiger charge is -2.49. The lowest BCUT2D eigenvalue weighted by Crippen LogP contribution is -2.60. The van der Waals surface area contributed by atoms with E-state index in [0.29, 0.717) is 16.9 Å². The summed E-state index contributed by atoms with van der Waals surface area (Å²) in [5, 5.41) is 65.6. The van der Waals surface area contributed by atoms with Crippen molar-refractivity contribution in [1.29, 1.82) is 0 Å². The number of rotatable bonds is 6. The van der Waals surface area contributed by atoms with Crippen LogP contribution in [0.2, 0.25) is 0 Å². The molecule has 2 fully saturated rings. The highest BCUT2D eigenvalue weighted by Gasteiger charge is 2.51. The van der Waals surface area contributed by atoms with Crippen LogP contribution in [0.3, 0.4) is 0 Å². The summed E-state index contributed by atoms with van der Waals surface area (Å²) >= 11 is 0.805. The topological polar surface area (TPSA) is 198 Å². The standard InChI is InChI=1S/C20H24FN5O8S/c21-7-1-2-9-8(3-7)10-4-25(26(9)10)14-16(30)12(6-28)34-20(18(14)32)35-19-17(31)13(23-24-22)15(29)11(5-27)33-19/h1-4,11-20,27-32H,5-6H2/t11-,12?,13?,14?,15?,16+,17-,18+,19?,20+/m1/s1. The van der Waals surface area contributed by atoms with E-state index < -0.39 is 72.8 Å². The summed E-state index contributed by atoms with van der Waals surface area (Å²) in [5.74, 6) is -0.387. The number of azide groups is 1. The van der Waals surface area contributed by atoms with Crippen LogP contribution >= 0.6 is 11.8 Å². The monoisotopic (exact) mass is 513 g/mol. The van der Waals surface area contributed by atoms with Gasteiger partial charge in [-0.05, 0) is 23.7 Å². The second-order valence-electron chi connectivity index (χ2n) is 8.60. The number of fused-ring (bicyclic) bond motifs is 4. The molecule has 5 rings (SSSR count). The van der Waals surface area contributed by atoms with Crippen molar-refractivity contribution in [3.8, 4) is 16.9 Å². The quantitative estimate of drug-likeness (QED) is 0.139. The molecule has 6 N–H and O–H groups in total. The minimum Gasteiger partial charge on any atom is -0.394 e. The van der Waals surface area contributed by atoms with E-state index in [-0.39, 0.29) is 5.82 Å². The molecule has 190 valence electrons. The number of ether oxygens (including phenoxy) is 2. The maximum Gasteiger partial charge on any atom is 0.134 e. The number of aliphatic hydroxyl groups excluding tert-OH is 6. The first-order valence-corrected chi connectivity index (χ1v) is 11.8. The van der Waals surface area contributed by atoms with Gasteiger partial charge >= 0.3 is 0 Å². The Hall–Kier alpha value is -2.17. The van der Waals surface area contributed by atoms with Gasteiger partial charge in [-0.25, -0.2) is 4.39 Å². The van der Waals surface area contributed by atoms with E-state index in [1.165, 1.54) is 12.1 Å². The van der Waals surface area contributed by atoms with Crippen molar-refractivity contribution >= 4 is 11.8 Å². The van der Waals surface area contributed by atoms with E-state index in [4.69, 9.17) is 15.0 Å². The Bertz CT molecular complexity index is 1140. The van der Waals surface area contributed by atoms with E-state index in [1.54, 1.807) is 21.6 Å². The zero-order valence-corrected chi connectivity index (χ0v) is 18.8. The number of aliphatic hydroxyl groups is 6. The fraction of sp³-hybridized carbons (Fsp3) is 0.600. The third kappa shape index (κ3) is 3.84.